The summed E-state index contributed by atoms with van der Waals surface area (Å²) < 4.78 is 5.26. The van der Waals surface area contributed by atoms with Crippen LogP contribution in [0, 0.1) is 0 Å². The number of likely N-dealkylation sites (N-methyl/N-ethyl adjacent to an activating group) is 1. The van der Waals surface area contributed by atoms with Crippen LogP contribution in [-0.2, 0) is 0 Å². The summed E-state index contributed by atoms with van der Waals surface area (Å²) >= 11 is 0. The van der Waals surface area contributed by atoms with Gasteiger partial charge in [-0.05, 0) is 32.2 Å². The van der Waals surface area contributed by atoms with Gasteiger partial charge in [0, 0.05) is 43.8 Å². The predicted molar refractivity (Wildman–Crippen MR) is 80.1 cm³/mol. The zero-order valence-corrected chi connectivity index (χ0v) is 12.5. The molecule has 5 heteroatoms. The van der Waals surface area contributed by atoms with Crippen molar-refractivity contribution in [3.8, 4) is 11.5 Å². The summed E-state index contributed by atoms with van der Waals surface area (Å²) in [5, 5.41) is 10.1. The highest BCUT2D eigenvalue weighted by Crippen LogP contribution is 2.33. The number of nitrogens with two attached hydrogens (primary N) is 1. The lowest BCUT2D eigenvalue weighted by molar-refractivity contribution is 0.0612. The summed E-state index contributed by atoms with van der Waals surface area (Å²) in [6, 6.07) is 5.81. The monoisotopic (exact) mass is 279 g/mol. The third kappa shape index (κ3) is 3.06. The van der Waals surface area contributed by atoms with E-state index >= 15 is 0 Å². The normalized spacial score (nSPS) is 22.7. The Labute approximate surface area is 120 Å². The molecule has 2 atom stereocenters. The first kappa shape index (κ1) is 15.1. The van der Waals surface area contributed by atoms with Crippen LogP contribution in [0.1, 0.15) is 18.5 Å². The molecule has 2 unspecified atom stereocenters. The van der Waals surface area contributed by atoms with Gasteiger partial charge in [-0.3, -0.25) is 4.90 Å². The molecule has 1 aromatic carbocycles. The molecule has 1 fully saturated rings. The fraction of sp³-hybridized carbons (Fsp3) is 0.600. The second-order valence-electron chi connectivity index (χ2n) is 5.49. The van der Waals surface area contributed by atoms with Crippen LogP contribution in [0.15, 0.2) is 18.2 Å². The molecule has 1 aliphatic heterocycles. The number of benzene rings is 1. The minimum absolute atomic E-state index is 0.118. The fourth-order valence-electron chi connectivity index (χ4n) is 2.92. The van der Waals surface area contributed by atoms with Crippen LogP contribution in [0.3, 0.4) is 0 Å². The number of methoxy groups -OCH3 is 1. The number of hydrogen-bond acceptors (Lipinski definition) is 5. The second kappa shape index (κ2) is 6.43. The van der Waals surface area contributed by atoms with Crippen LogP contribution in [0.25, 0.3) is 0 Å². The molecule has 1 saturated heterocycles. The van der Waals surface area contributed by atoms with Gasteiger partial charge < -0.3 is 20.5 Å². The van der Waals surface area contributed by atoms with Crippen LogP contribution < -0.4 is 10.5 Å². The zero-order valence-electron chi connectivity index (χ0n) is 12.5. The van der Waals surface area contributed by atoms with Gasteiger partial charge in [-0.1, -0.05) is 0 Å². The van der Waals surface area contributed by atoms with Crippen molar-refractivity contribution in [1.82, 2.24) is 9.80 Å². The molecular weight excluding hydrogens is 254 g/mol. The maximum absolute atomic E-state index is 10.1. The van der Waals surface area contributed by atoms with Crippen molar-refractivity contribution in [2.45, 2.75) is 19.0 Å². The molecule has 3 N–H and O–H groups in total. The van der Waals surface area contributed by atoms with E-state index in [0.29, 0.717) is 18.3 Å². The van der Waals surface area contributed by atoms with Crippen LogP contribution in [-0.4, -0.2) is 61.3 Å². The van der Waals surface area contributed by atoms with Crippen LogP contribution in [0.2, 0.25) is 0 Å². The lowest BCUT2D eigenvalue weighted by Gasteiger charge is -2.43. The van der Waals surface area contributed by atoms with E-state index in [2.05, 4.69) is 23.8 Å². The van der Waals surface area contributed by atoms with E-state index < -0.39 is 0 Å². The van der Waals surface area contributed by atoms with Crippen molar-refractivity contribution in [3.05, 3.63) is 23.8 Å². The van der Waals surface area contributed by atoms with E-state index in [4.69, 9.17) is 10.5 Å². The number of phenolic OH excluding ortho intramolecular Hbond substituents is 1. The Morgan fingerprint density at radius 1 is 1.45 bits per heavy atom. The van der Waals surface area contributed by atoms with Crippen LogP contribution >= 0.6 is 0 Å². The number of phenols is 1. The molecule has 2 rings (SSSR count). The zero-order chi connectivity index (χ0) is 14.7. The fourth-order valence-corrected chi connectivity index (χ4v) is 2.92. The van der Waals surface area contributed by atoms with Crippen LogP contribution in [0.4, 0.5) is 0 Å². The Morgan fingerprint density at radius 3 is 2.85 bits per heavy atom. The van der Waals surface area contributed by atoms with Crippen molar-refractivity contribution in [2.24, 2.45) is 5.73 Å². The largest absolute Gasteiger partial charge is 0.508 e. The summed E-state index contributed by atoms with van der Waals surface area (Å²) in [5.41, 5.74) is 6.81. The molecule has 0 bridgehead atoms. The van der Waals surface area contributed by atoms with Gasteiger partial charge in [0.05, 0.1) is 7.11 Å². The molecule has 0 aromatic heterocycles. The van der Waals surface area contributed by atoms with Crippen molar-refractivity contribution in [2.75, 3.05) is 40.3 Å². The smallest absolute Gasteiger partial charge is 0.120 e. The number of ether oxygens (including phenoxy) is 1. The first-order valence-corrected chi connectivity index (χ1v) is 7.08. The topological polar surface area (TPSA) is 62.0 Å². The van der Waals surface area contributed by atoms with Gasteiger partial charge in [-0.2, -0.15) is 0 Å². The Morgan fingerprint density at radius 2 is 2.20 bits per heavy atom. The van der Waals surface area contributed by atoms with Gasteiger partial charge in [0.25, 0.3) is 0 Å². The van der Waals surface area contributed by atoms with Gasteiger partial charge in [-0.25, -0.2) is 0 Å². The third-order valence-electron chi connectivity index (χ3n) is 4.19. The summed E-state index contributed by atoms with van der Waals surface area (Å²) in [6.45, 7) is 5.68. The van der Waals surface area contributed by atoms with E-state index in [1.165, 1.54) is 0 Å². The second-order valence-corrected chi connectivity index (χ2v) is 5.49. The van der Waals surface area contributed by atoms with Crippen molar-refractivity contribution >= 4 is 0 Å². The Balaban J connectivity index is 2.23. The van der Waals surface area contributed by atoms with E-state index in [1.807, 2.05) is 6.07 Å². The van der Waals surface area contributed by atoms with Gasteiger partial charge in [0.1, 0.15) is 11.5 Å². The Hall–Kier alpha value is -1.30. The van der Waals surface area contributed by atoms with Crippen LogP contribution in [0.5, 0.6) is 11.5 Å². The highest BCUT2D eigenvalue weighted by atomic mass is 16.5. The minimum Gasteiger partial charge on any atom is -0.508 e. The molecule has 112 valence electrons. The lowest BCUT2D eigenvalue weighted by atomic mass is 10.0. The summed E-state index contributed by atoms with van der Waals surface area (Å²) in [4.78, 5) is 4.67. The standard InChI is InChI=1S/C15H25N3O2/c1-11(14-8-13(20-3)4-5-15(14)19)18-7-6-17(2)10-12(18)9-16/h4-5,8,11-12,19H,6-7,9-10,16H2,1-3H3. The Bertz CT molecular complexity index is 453. The molecular formula is C15H25N3O2. The highest BCUT2D eigenvalue weighted by Gasteiger charge is 2.29. The van der Waals surface area contributed by atoms with Gasteiger partial charge >= 0.3 is 0 Å². The minimum atomic E-state index is 0.118. The predicted octanol–water partition coefficient (Wildman–Crippen LogP) is 1.04. The molecule has 1 aliphatic rings. The maximum Gasteiger partial charge on any atom is 0.120 e. The molecule has 0 amide bonds. The Kier molecular flexibility index (Phi) is 4.86. The number of hydrogen-bond donors (Lipinski definition) is 2. The van der Waals surface area contributed by atoms with Gasteiger partial charge in [-0.15, -0.1) is 0 Å². The van der Waals surface area contributed by atoms with Crippen molar-refractivity contribution in [1.29, 1.82) is 0 Å². The third-order valence-corrected chi connectivity index (χ3v) is 4.19. The first-order chi connectivity index (χ1) is 9.56. The molecule has 1 aromatic rings. The lowest BCUT2D eigenvalue weighted by Crippen LogP contribution is -2.55. The first-order valence-electron chi connectivity index (χ1n) is 7.08. The molecule has 0 spiro atoms. The summed E-state index contributed by atoms with van der Waals surface area (Å²) in [7, 11) is 3.76. The summed E-state index contributed by atoms with van der Waals surface area (Å²) in [6.07, 6.45) is 0. The molecule has 0 radical (unpaired) electrons. The van der Waals surface area contributed by atoms with Gasteiger partial charge in [0.15, 0.2) is 0 Å². The SMILES string of the molecule is COc1ccc(O)c(C(C)N2CCN(C)CC2CN)c1. The molecule has 0 saturated carbocycles. The summed E-state index contributed by atoms with van der Waals surface area (Å²) in [5.74, 6) is 1.08. The average Bonchev–Trinajstić information content (AvgIpc) is 2.47. The number of nitrogens with zero attached hydrogens (tertiary/aromatic N) is 2. The molecule has 5 nitrogen and oxygen atoms in total. The van der Waals surface area contributed by atoms with Crippen molar-refractivity contribution in [3.63, 3.8) is 0 Å². The molecule has 1 heterocycles. The van der Waals surface area contributed by atoms with E-state index in [1.54, 1.807) is 19.2 Å². The maximum atomic E-state index is 10.1. The van der Waals surface area contributed by atoms with Gasteiger partial charge in [0.2, 0.25) is 0 Å². The molecule has 0 aliphatic carbocycles. The highest BCUT2D eigenvalue weighted by molar-refractivity contribution is 5.41. The van der Waals surface area contributed by atoms with E-state index in [-0.39, 0.29) is 6.04 Å². The van der Waals surface area contributed by atoms with E-state index in [0.717, 1.165) is 30.9 Å². The average molecular weight is 279 g/mol. The van der Waals surface area contributed by atoms with E-state index in [9.17, 15) is 5.11 Å². The number of piperazine rings is 1. The quantitative estimate of drug-likeness (QED) is 0.862. The number of rotatable bonds is 4. The number of aromatic hydroxyl groups is 1. The van der Waals surface area contributed by atoms with Crippen molar-refractivity contribution < 1.29 is 9.84 Å². The molecule has 20 heavy (non-hydrogen) atoms.